The summed E-state index contributed by atoms with van der Waals surface area (Å²) in [6, 6.07) is 12.3. The van der Waals surface area contributed by atoms with Gasteiger partial charge in [0.25, 0.3) is 5.69 Å². The van der Waals surface area contributed by atoms with Crippen molar-refractivity contribution in [3.8, 4) is 0 Å². The lowest BCUT2D eigenvalue weighted by molar-refractivity contribution is -0.384. The molecule has 1 aliphatic rings. The number of carbonyl (C=O) groups is 1. The van der Waals surface area contributed by atoms with Crippen LogP contribution in [0.2, 0.25) is 0 Å². The molecule has 4 rings (SSSR count). The second-order valence-electron chi connectivity index (χ2n) is 7.35. The Balaban J connectivity index is 1.43. The highest BCUT2D eigenvalue weighted by Gasteiger charge is 2.20. The molecule has 0 spiro atoms. The lowest BCUT2D eigenvalue weighted by Gasteiger charge is -2.18. The number of nitrogens with one attached hydrogen (secondary N) is 2. The van der Waals surface area contributed by atoms with Gasteiger partial charge in [-0.15, -0.1) is 0 Å². The molecule has 4 N–H and O–H groups in total. The Labute approximate surface area is 167 Å². The number of aryl methyl sites for hydroxylation is 1. The van der Waals surface area contributed by atoms with Gasteiger partial charge >= 0.3 is 0 Å². The van der Waals surface area contributed by atoms with E-state index in [1.165, 1.54) is 23.4 Å². The second kappa shape index (κ2) is 7.89. The van der Waals surface area contributed by atoms with Crippen LogP contribution in [0.15, 0.2) is 48.5 Å². The Bertz CT molecular complexity index is 1120. The smallest absolute Gasteiger partial charge is 0.270 e. The van der Waals surface area contributed by atoms with Crippen LogP contribution in [0.1, 0.15) is 29.7 Å². The first-order valence-electron chi connectivity index (χ1n) is 9.59. The maximum atomic E-state index is 12.3. The van der Waals surface area contributed by atoms with Gasteiger partial charge in [0.1, 0.15) is 0 Å². The molecule has 7 nitrogen and oxygen atoms in total. The Hall–Kier alpha value is -3.45. The molecule has 1 aromatic heterocycles. The molecule has 0 aliphatic heterocycles. The Kier molecular flexibility index (Phi) is 5.14. The number of amides is 1. The molecule has 7 heteroatoms. The van der Waals surface area contributed by atoms with Gasteiger partial charge in [-0.05, 0) is 48.6 Å². The number of fused-ring (bicyclic) bond motifs is 3. The molecule has 0 bridgehead atoms. The predicted molar refractivity (Wildman–Crippen MR) is 114 cm³/mol. The van der Waals surface area contributed by atoms with Gasteiger partial charge in [-0.2, -0.15) is 0 Å². The first-order chi connectivity index (χ1) is 14.0. The third-order valence-corrected chi connectivity index (χ3v) is 5.20. The number of nitrogens with zero attached hydrogens (tertiary/aromatic N) is 1. The number of nitro groups is 1. The topological polar surface area (TPSA) is 114 Å². The van der Waals surface area contributed by atoms with Gasteiger partial charge in [0.05, 0.1) is 4.92 Å². The van der Waals surface area contributed by atoms with Crippen LogP contribution in [0.25, 0.3) is 17.0 Å². The molecule has 148 valence electrons. The molecule has 0 saturated heterocycles. The molecule has 1 aliphatic carbocycles. The minimum atomic E-state index is -0.438. The molecule has 1 unspecified atom stereocenters. The number of nitrogens with two attached hydrogens (primary N) is 1. The van der Waals surface area contributed by atoms with Crippen molar-refractivity contribution in [2.75, 3.05) is 5.32 Å². The van der Waals surface area contributed by atoms with Crippen molar-refractivity contribution in [2.24, 2.45) is 5.73 Å². The Morgan fingerprint density at radius 3 is 3.00 bits per heavy atom. The van der Waals surface area contributed by atoms with Gasteiger partial charge in [0, 0.05) is 46.9 Å². The second-order valence-corrected chi connectivity index (χ2v) is 7.35. The van der Waals surface area contributed by atoms with E-state index in [0.717, 1.165) is 35.9 Å². The number of carbonyl (C=O) groups excluding carboxylic acids is 1. The largest absolute Gasteiger partial charge is 0.358 e. The van der Waals surface area contributed by atoms with Crippen molar-refractivity contribution < 1.29 is 9.72 Å². The number of anilines is 1. The number of rotatable bonds is 5. The summed E-state index contributed by atoms with van der Waals surface area (Å²) < 4.78 is 0. The molecule has 1 heterocycles. The van der Waals surface area contributed by atoms with Gasteiger partial charge in [-0.25, -0.2) is 0 Å². The van der Waals surface area contributed by atoms with E-state index in [4.69, 9.17) is 5.73 Å². The fourth-order valence-electron chi connectivity index (χ4n) is 3.78. The SMILES string of the molecule is NC1CCc2[nH]c3ccc(NC(=O)C/C=C/c4cccc([N+](=O)[O-])c4)cc3c2C1. The van der Waals surface area contributed by atoms with Crippen LogP contribution < -0.4 is 11.1 Å². The van der Waals surface area contributed by atoms with Gasteiger partial charge in [0.2, 0.25) is 5.91 Å². The number of hydrogen-bond donors (Lipinski definition) is 3. The number of H-pyrrole nitrogens is 1. The minimum absolute atomic E-state index is 0.0273. The zero-order chi connectivity index (χ0) is 20.4. The lowest BCUT2D eigenvalue weighted by atomic mass is 9.92. The first-order valence-corrected chi connectivity index (χ1v) is 9.59. The summed E-state index contributed by atoms with van der Waals surface area (Å²) in [6.07, 6.45) is 6.37. The van der Waals surface area contributed by atoms with Crippen molar-refractivity contribution in [2.45, 2.75) is 31.7 Å². The molecule has 29 heavy (non-hydrogen) atoms. The molecule has 2 aromatic carbocycles. The highest BCUT2D eigenvalue weighted by atomic mass is 16.6. The van der Waals surface area contributed by atoms with Crippen LogP contribution in [-0.4, -0.2) is 21.9 Å². The Morgan fingerprint density at radius 1 is 1.31 bits per heavy atom. The average Bonchev–Trinajstić information content (AvgIpc) is 3.05. The molecule has 3 aromatic rings. The van der Waals surface area contributed by atoms with Gasteiger partial charge in [-0.3, -0.25) is 14.9 Å². The molecule has 0 fully saturated rings. The van der Waals surface area contributed by atoms with Crippen LogP contribution in [-0.2, 0) is 17.6 Å². The zero-order valence-electron chi connectivity index (χ0n) is 15.9. The van der Waals surface area contributed by atoms with E-state index >= 15 is 0 Å². The summed E-state index contributed by atoms with van der Waals surface area (Å²) in [7, 11) is 0. The number of aromatic nitrogens is 1. The normalized spacial score (nSPS) is 16.1. The fraction of sp³-hybridized carbons (Fsp3) is 0.227. The number of non-ortho nitro benzene ring substituents is 1. The first kappa shape index (κ1) is 18.9. The number of hydrogen-bond acceptors (Lipinski definition) is 4. The van der Waals surface area contributed by atoms with Crippen LogP contribution in [0.5, 0.6) is 0 Å². The van der Waals surface area contributed by atoms with Crippen LogP contribution in [0.4, 0.5) is 11.4 Å². The maximum absolute atomic E-state index is 12.3. The van der Waals surface area contributed by atoms with Crippen molar-refractivity contribution in [3.05, 3.63) is 75.5 Å². The van der Waals surface area contributed by atoms with E-state index < -0.39 is 4.92 Å². The highest BCUT2D eigenvalue weighted by molar-refractivity contribution is 5.96. The third-order valence-electron chi connectivity index (χ3n) is 5.20. The van der Waals surface area contributed by atoms with E-state index in [1.807, 2.05) is 18.2 Å². The van der Waals surface area contributed by atoms with Gasteiger partial charge in [-0.1, -0.05) is 24.3 Å². The summed E-state index contributed by atoms with van der Waals surface area (Å²) >= 11 is 0. The summed E-state index contributed by atoms with van der Waals surface area (Å²) in [5.74, 6) is -0.146. The quantitative estimate of drug-likeness (QED) is 0.452. The monoisotopic (exact) mass is 390 g/mol. The standard InChI is InChI=1S/C22H22N4O3/c23-15-7-9-20-18(12-15)19-13-16(8-10-21(19)25-20)24-22(27)6-2-4-14-3-1-5-17(11-14)26(28)29/h1-5,8,10-11,13,15,25H,6-7,9,12,23H2,(H,24,27)/b4-2+. The molecule has 1 atom stereocenters. The predicted octanol–water partition coefficient (Wildman–Crippen LogP) is 3.93. The summed E-state index contributed by atoms with van der Waals surface area (Å²) in [5.41, 5.74) is 11.1. The summed E-state index contributed by atoms with van der Waals surface area (Å²) in [5, 5.41) is 14.9. The van der Waals surface area contributed by atoms with E-state index in [2.05, 4.69) is 10.3 Å². The third kappa shape index (κ3) is 4.20. The maximum Gasteiger partial charge on any atom is 0.270 e. The fourth-order valence-corrected chi connectivity index (χ4v) is 3.78. The molecule has 1 amide bonds. The Morgan fingerprint density at radius 2 is 2.17 bits per heavy atom. The number of nitro benzene ring substituents is 1. The van der Waals surface area contributed by atoms with Crippen molar-refractivity contribution in [1.82, 2.24) is 4.98 Å². The minimum Gasteiger partial charge on any atom is -0.358 e. The van der Waals surface area contributed by atoms with E-state index in [1.54, 1.807) is 24.3 Å². The number of benzene rings is 2. The average molecular weight is 390 g/mol. The van der Waals surface area contributed by atoms with E-state index in [-0.39, 0.29) is 24.1 Å². The van der Waals surface area contributed by atoms with Gasteiger partial charge < -0.3 is 16.0 Å². The molecular weight excluding hydrogens is 368 g/mol. The van der Waals surface area contributed by atoms with E-state index in [9.17, 15) is 14.9 Å². The van der Waals surface area contributed by atoms with Crippen molar-refractivity contribution in [1.29, 1.82) is 0 Å². The van der Waals surface area contributed by atoms with Crippen LogP contribution in [0, 0.1) is 10.1 Å². The number of aromatic amines is 1. The molecular formula is C22H22N4O3. The summed E-state index contributed by atoms with van der Waals surface area (Å²) in [4.78, 5) is 26.1. The zero-order valence-corrected chi connectivity index (χ0v) is 15.9. The summed E-state index contributed by atoms with van der Waals surface area (Å²) in [6.45, 7) is 0. The van der Waals surface area contributed by atoms with Crippen LogP contribution in [0.3, 0.4) is 0 Å². The van der Waals surface area contributed by atoms with Crippen LogP contribution >= 0.6 is 0 Å². The lowest BCUT2D eigenvalue weighted by Crippen LogP contribution is -2.27. The van der Waals surface area contributed by atoms with Gasteiger partial charge in [0.15, 0.2) is 0 Å². The van der Waals surface area contributed by atoms with E-state index in [0.29, 0.717) is 5.56 Å². The highest BCUT2D eigenvalue weighted by Crippen LogP contribution is 2.30. The van der Waals surface area contributed by atoms with Crippen molar-refractivity contribution >= 4 is 34.3 Å². The molecule has 0 radical (unpaired) electrons. The molecule has 0 saturated carbocycles. The van der Waals surface area contributed by atoms with Crippen molar-refractivity contribution in [3.63, 3.8) is 0 Å².